The van der Waals surface area contributed by atoms with E-state index in [1.165, 1.54) is 0 Å². The molecule has 0 saturated carbocycles. The number of benzene rings is 1. The lowest BCUT2D eigenvalue weighted by Gasteiger charge is -2.32. The number of rotatable bonds is 7. The quantitative estimate of drug-likeness (QED) is 0.777. The highest BCUT2D eigenvalue weighted by atomic mass is 35.5. The van der Waals surface area contributed by atoms with Crippen LogP contribution in [-0.4, -0.2) is 41.3 Å². The van der Waals surface area contributed by atoms with Crippen LogP contribution in [0.1, 0.15) is 29.8 Å². The molecule has 5 nitrogen and oxygen atoms in total. The average Bonchev–Trinajstić information content (AvgIpc) is 2.68. The van der Waals surface area contributed by atoms with Crippen molar-refractivity contribution >= 4 is 23.4 Å². The maximum Gasteiger partial charge on any atom is 0.224 e. The smallest absolute Gasteiger partial charge is 0.224 e. The van der Waals surface area contributed by atoms with Gasteiger partial charge in [-0.15, -0.1) is 0 Å². The molecular weight excluding hydrogens is 374 g/mol. The number of amides is 2. The molecule has 1 aliphatic rings. The molecule has 2 amide bonds. The molecule has 3 rings (SSSR count). The lowest BCUT2D eigenvalue weighted by atomic mass is 9.96. The summed E-state index contributed by atoms with van der Waals surface area (Å²) in [6.45, 7) is 3.63. The molecule has 1 aliphatic heterocycles. The van der Waals surface area contributed by atoms with Gasteiger partial charge in [0.1, 0.15) is 0 Å². The van der Waals surface area contributed by atoms with Gasteiger partial charge in [-0.3, -0.25) is 14.6 Å². The van der Waals surface area contributed by atoms with E-state index in [0.717, 1.165) is 23.4 Å². The Labute approximate surface area is 171 Å². The number of aryl methyl sites for hydroxylation is 1. The second kappa shape index (κ2) is 9.69. The summed E-state index contributed by atoms with van der Waals surface area (Å²) in [6.07, 6.45) is 2.51. The number of halogens is 1. The summed E-state index contributed by atoms with van der Waals surface area (Å²) in [5.74, 6) is 0.00649. The summed E-state index contributed by atoms with van der Waals surface area (Å²) in [7, 11) is 0. The van der Waals surface area contributed by atoms with Crippen molar-refractivity contribution in [1.29, 1.82) is 0 Å². The number of nitrogens with zero attached hydrogens (tertiary/aromatic N) is 2. The minimum atomic E-state index is -0.145. The fourth-order valence-electron chi connectivity index (χ4n) is 3.46. The largest absolute Gasteiger partial charge is 0.355 e. The van der Waals surface area contributed by atoms with Crippen LogP contribution < -0.4 is 5.32 Å². The number of pyridine rings is 1. The summed E-state index contributed by atoms with van der Waals surface area (Å²) < 4.78 is 0. The van der Waals surface area contributed by atoms with Crippen LogP contribution in [0.2, 0.25) is 5.02 Å². The third-order valence-corrected chi connectivity index (χ3v) is 5.33. The van der Waals surface area contributed by atoms with Crippen molar-refractivity contribution in [2.45, 2.75) is 32.6 Å². The van der Waals surface area contributed by atoms with E-state index in [9.17, 15) is 9.59 Å². The van der Waals surface area contributed by atoms with Crippen LogP contribution in [0.4, 0.5) is 0 Å². The van der Waals surface area contributed by atoms with Crippen molar-refractivity contribution in [3.05, 3.63) is 64.4 Å². The highest BCUT2D eigenvalue weighted by Crippen LogP contribution is 2.19. The SMILES string of the molecule is Cc1cccc(CCNC(=O)[C@@H]2CCC(=O)N(CCc3ccc(Cl)cc3)C2)n1. The Balaban J connectivity index is 1.46. The molecule has 0 radical (unpaired) electrons. The third kappa shape index (κ3) is 5.80. The second-order valence-corrected chi connectivity index (χ2v) is 7.70. The monoisotopic (exact) mass is 399 g/mol. The lowest BCUT2D eigenvalue weighted by molar-refractivity contribution is -0.138. The maximum absolute atomic E-state index is 12.5. The maximum atomic E-state index is 12.5. The van der Waals surface area contributed by atoms with Gasteiger partial charge in [-0.1, -0.05) is 29.8 Å². The van der Waals surface area contributed by atoms with E-state index in [1.54, 1.807) is 0 Å². The summed E-state index contributed by atoms with van der Waals surface area (Å²) >= 11 is 5.91. The Bertz CT molecular complexity index is 823. The van der Waals surface area contributed by atoms with E-state index < -0.39 is 0 Å². The number of piperidine rings is 1. The third-order valence-electron chi connectivity index (χ3n) is 5.08. The molecule has 1 aromatic heterocycles. The molecule has 1 atom stereocenters. The highest BCUT2D eigenvalue weighted by molar-refractivity contribution is 6.30. The number of aromatic nitrogens is 1. The van der Waals surface area contributed by atoms with Crippen LogP contribution in [-0.2, 0) is 22.4 Å². The van der Waals surface area contributed by atoms with Crippen molar-refractivity contribution in [1.82, 2.24) is 15.2 Å². The molecular formula is C22H26ClN3O2. The molecule has 2 aromatic rings. The molecule has 148 valence electrons. The summed E-state index contributed by atoms with van der Waals surface area (Å²) in [6, 6.07) is 13.6. The van der Waals surface area contributed by atoms with Crippen molar-refractivity contribution in [2.75, 3.05) is 19.6 Å². The zero-order valence-electron chi connectivity index (χ0n) is 16.2. The van der Waals surface area contributed by atoms with Crippen LogP contribution in [0.15, 0.2) is 42.5 Å². The molecule has 0 aliphatic carbocycles. The molecule has 1 saturated heterocycles. The van der Waals surface area contributed by atoms with Gasteiger partial charge in [-0.05, 0) is 49.6 Å². The van der Waals surface area contributed by atoms with Crippen molar-refractivity contribution in [3.63, 3.8) is 0 Å². The molecule has 0 bridgehead atoms. The van der Waals surface area contributed by atoms with Gasteiger partial charge in [0.15, 0.2) is 0 Å². The Hall–Kier alpha value is -2.40. The minimum Gasteiger partial charge on any atom is -0.355 e. The van der Waals surface area contributed by atoms with E-state index in [-0.39, 0.29) is 17.7 Å². The Morgan fingerprint density at radius 1 is 1.21 bits per heavy atom. The highest BCUT2D eigenvalue weighted by Gasteiger charge is 2.29. The number of carbonyl (C=O) groups excluding carboxylic acids is 2. The topological polar surface area (TPSA) is 62.3 Å². The summed E-state index contributed by atoms with van der Waals surface area (Å²) in [5.41, 5.74) is 3.09. The van der Waals surface area contributed by atoms with Gasteiger partial charge in [0.25, 0.3) is 0 Å². The molecule has 1 aromatic carbocycles. The van der Waals surface area contributed by atoms with E-state index in [2.05, 4.69) is 10.3 Å². The van der Waals surface area contributed by atoms with Crippen LogP contribution in [0.5, 0.6) is 0 Å². The van der Waals surface area contributed by atoms with E-state index in [4.69, 9.17) is 11.6 Å². The Morgan fingerprint density at radius 3 is 2.75 bits per heavy atom. The first-order chi connectivity index (χ1) is 13.5. The van der Waals surface area contributed by atoms with Crippen molar-refractivity contribution in [3.8, 4) is 0 Å². The lowest BCUT2D eigenvalue weighted by Crippen LogP contribution is -2.46. The van der Waals surface area contributed by atoms with Gasteiger partial charge >= 0.3 is 0 Å². The predicted molar refractivity (Wildman–Crippen MR) is 110 cm³/mol. The standard InChI is InChI=1S/C22H26ClN3O2/c1-16-3-2-4-20(25-16)11-13-24-22(28)18-7-10-21(27)26(15-18)14-12-17-5-8-19(23)9-6-17/h2-6,8-9,18H,7,10-15H2,1H3,(H,24,28)/t18-/m1/s1. The van der Waals surface area contributed by atoms with E-state index in [0.29, 0.717) is 43.9 Å². The molecule has 1 fully saturated rings. The van der Waals surface area contributed by atoms with E-state index in [1.807, 2.05) is 54.3 Å². The molecule has 0 spiro atoms. The van der Waals surface area contributed by atoms with Crippen LogP contribution in [0.3, 0.4) is 0 Å². The number of carbonyl (C=O) groups is 2. The van der Waals surface area contributed by atoms with Gasteiger partial charge in [0.05, 0.1) is 5.92 Å². The number of nitrogens with one attached hydrogen (secondary N) is 1. The van der Waals surface area contributed by atoms with Crippen molar-refractivity contribution in [2.24, 2.45) is 5.92 Å². The van der Waals surface area contributed by atoms with Crippen LogP contribution >= 0.6 is 11.6 Å². The molecule has 6 heteroatoms. The Kier molecular flexibility index (Phi) is 7.04. The van der Waals surface area contributed by atoms with Crippen LogP contribution in [0, 0.1) is 12.8 Å². The molecule has 2 heterocycles. The first-order valence-corrected chi connectivity index (χ1v) is 10.1. The molecule has 1 N–H and O–H groups in total. The number of hydrogen-bond donors (Lipinski definition) is 1. The van der Waals surface area contributed by atoms with Crippen LogP contribution in [0.25, 0.3) is 0 Å². The zero-order valence-corrected chi connectivity index (χ0v) is 16.9. The molecule has 0 unspecified atom stereocenters. The van der Waals surface area contributed by atoms with E-state index >= 15 is 0 Å². The molecule has 28 heavy (non-hydrogen) atoms. The van der Waals surface area contributed by atoms with Gasteiger partial charge in [-0.25, -0.2) is 0 Å². The second-order valence-electron chi connectivity index (χ2n) is 7.26. The first-order valence-electron chi connectivity index (χ1n) is 9.74. The number of likely N-dealkylation sites (tertiary alicyclic amines) is 1. The number of hydrogen-bond acceptors (Lipinski definition) is 3. The predicted octanol–water partition coefficient (Wildman–Crippen LogP) is 3.18. The zero-order chi connectivity index (χ0) is 19.9. The Morgan fingerprint density at radius 2 is 2.00 bits per heavy atom. The van der Waals surface area contributed by atoms with Gasteiger partial charge in [0, 0.05) is 48.9 Å². The van der Waals surface area contributed by atoms with Gasteiger partial charge in [0.2, 0.25) is 11.8 Å². The summed E-state index contributed by atoms with van der Waals surface area (Å²) in [4.78, 5) is 31.0. The van der Waals surface area contributed by atoms with Gasteiger partial charge in [-0.2, -0.15) is 0 Å². The normalized spacial score (nSPS) is 16.9. The fraction of sp³-hybridized carbons (Fsp3) is 0.409. The van der Waals surface area contributed by atoms with Crippen molar-refractivity contribution < 1.29 is 9.59 Å². The first kappa shape index (κ1) is 20.3. The van der Waals surface area contributed by atoms with Gasteiger partial charge < -0.3 is 10.2 Å². The summed E-state index contributed by atoms with van der Waals surface area (Å²) in [5, 5.41) is 3.71. The minimum absolute atomic E-state index is 0.0247. The average molecular weight is 400 g/mol. The fourth-order valence-corrected chi connectivity index (χ4v) is 3.58.